The number of hydrogen-bond acceptors (Lipinski definition) is 3. The third-order valence-corrected chi connectivity index (χ3v) is 4.11. The number of aliphatic carboxylic acids is 1. The van der Waals surface area contributed by atoms with E-state index in [4.69, 9.17) is 5.11 Å². The summed E-state index contributed by atoms with van der Waals surface area (Å²) in [6.07, 6.45) is 3.81. The van der Waals surface area contributed by atoms with Crippen molar-refractivity contribution in [2.24, 2.45) is 0 Å². The van der Waals surface area contributed by atoms with E-state index in [1.165, 1.54) is 19.3 Å². The molecule has 2 unspecified atom stereocenters. The molecule has 1 aromatic carbocycles. The van der Waals surface area contributed by atoms with Gasteiger partial charge in [-0.2, -0.15) is 0 Å². The van der Waals surface area contributed by atoms with Crippen LogP contribution in [0.5, 0.6) is 0 Å². The van der Waals surface area contributed by atoms with Gasteiger partial charge in [-0.3, -0.25) is 10.2 Å². The number of piperidine rings is 1. The molecule has 1 heterocycles. The molecule has 2 rings (SSSR count). The number of hydrogen-bond donors (Lipinski definition) is 2. The Labute approximate surface area is 120 Å². The molecule has 0 aliphatic carbocycles. The molecule has 0 aromatic heterocycles. The van der Waals surface area contributed by atoms with E-state index in [1.807, 2.05) is 24.3 Å². The summed E-state index contributed by atoms with van der Waals surface area (Å²) in [5.74, 6) is -0.780. The fourth-order valence-corrected chi connectivity index (χ4v) is 2.97. The van der Waals surface area contributed by atoms with Crippen LogP contribution in [0.15, 0.2) is 24.3 Å². The Hall–Kier alpha value is -1.39. The first-order valence-electron chi connectivity index (χ1n) is 7.38. The number of carbonyl (C=O) groups is 1. The second-order valence-electron chi connectivity index (χ2n) is 5.71. The van der Waals surface area contributed by atoms with Crippen molar-refractivity contribution in [1.82, 2.24) is 10.4 Å². The Morgan fingerprint density at radius 1 is 1.25 bits per heavy atom. The zero-order valence-electron chi connectivity index (χ0n) is 12.3. The predicted molar refractivity (Wildman–Crippen MR) is 79.2 cm³/mol. The van der Waals surface area contributed by atoms with Crippen molar-refractivity contribution in [2.45, 2.75) is 58.2 Å². The maximum Gasteiger partial charge on any atom is 0.307 e. The number of carboxylic acid groups (broad SMARTS) is 1. The van der Waals surface area contributed by atoms with Crippen molar-refractivity contribution >= 4 is 5.97 Å². The van der Waals surface area contributed by atoms with Crippen LogP contribution < -0.4 is 5.43 Å². The average molecular weight is 276 g/mol. The molecule has 2 atom stereocenters. The fourth-order valence-electron chi connectivity index (χ4n) is 2.97. The van der Waals surface area contributed by atoms with Gasteiger partial charge in [0.05, 0.1) is 6.42 Å². The number of benzene rings is 1. The van der Waals surface area contributed by atoms with Gasteiger partial charge >= 0.3 is 5.97 Å². The lowest BCUT2D eigenvalue weighted by molar-refractivity contribution is -0.136. The Morgan fingerprint density at radius 3 is 2.45 bits per heavy atom. The third-order valence-electron chi connectivity index (χ3n) is 4.11. The summed E-state index contributed by atoms with van der Waals surface area (Å²) >= 11 is 0. The van der Waals surface area contributed by atoms with E-state index in [0.29, 0.717) is 18.6 Å². The zero-order chi connectivity index (χ0) is 14.5. The number of carboxylic acids is 1. The topological polar surface area (TPSA) is 52.6 Å². The summed E-state index contributed by atoms with van der Waals surface area (Å²) in [5, 5.41) is 11.3. The largest absolute Gasteiger partial charge is 0.481 e. The highest BCUT2D eigenvalue weighted by atomic mass is 16.4. The second kappa shape index (κ2) is 6.86. The fraction of sp³-hybridized carbons (Fsp3) is 0.562. The van der Waals surface area contributed by atoms with Crippen LogP contribution in [0.25, 0.3) is 0 Å². The van der Waals surface area contributed by atoms with Gasteiger partial charge in [0.2, 0.25) is 0 Å². The molecule has 0 spiro atoms. The Balaban J connectivity index is 2.01. The lowest BCUT2D eigenvalue weighted by atomic mass is 9.99. The van der Waals surface area contributed by atoms with Crippen LogP contribution in [-0.2, 0) is 17.8 Å². The summed E-state index contributed by atoms with van der Waals surface area (Å²) in [4.78, 5) is 10.9. The number of nitrogens with one attached hydrogen (secondary N) is 1. The molecular weight excluding hydrogens is 252 g/mol. The monoisotopic (exact) mass is 276 g/mol. The van der Waals surface area contributed by atoms with E-state index < -0.39 is 5.97 Å². The van der Waals surface area contributed by atoms with Crippen molar-refractivity contribution in [1.29, 1.82) is 0 Å². The number of rotatable bonds is 5. The highest BCUT2D eigenvalue weighted by molar-refractivity contribution is 5.70. The van der Waals surface area contributed by atoms with Crippen LogP contribution in [0.3, 0.4) is 0 Å². The Kier molecular flexibility index (Phi) is 5.15. The van der Waals surface area contributed by atoms with Gasteiger partial charge in [0.25, 0.3) is 0 Å². The first kappa shape index (κ1) is 15.0. The standard InChI is InChI=1S/C16H24N2O2/c1-12-6-5-7-13(2)18(12)17-11-15-9-4-3-8-14(15)10-16(19)20/h3-4,8-9,12-13,17H,5-7,10-11H2,1-2H3,(H,19,20). The van der Waals surface area contributed by atoms with E-state index in [9.17, 15) is 4.79 Å². The van der Waals surface area contributed by atoms with Gasteiger partial charge in [-0.15, -0.1) is 0 Å². The average Bonchev–Trinajstić information content (AvgIpc) is 2.39. The molecule has 4 heteroatoms. The van der Waals surface area contributed by atoms with Crippen LogP contribution in [0.1, 0.15) is 44.2 Å². The quantitative estimate of drug-likeness (QED) is 0.868. The lowest BCUT2D eigenvalue weighted by Crippen LogP contribution is -2.51. The molecular formula is C16H24N2O2. The predicted octanol–water partition coefficient (Wildman–Crippen LogP) is 2.58. The number of nitrogens with zero attached hydrogens (tertiary/aromatic N) is 1. The van der Waals surface area contributed by atoms with Crippen LogP contribution in [-0.4, -0.2) is 28.2 Å². The summed E-state index contributed by atoms with van der Waals surface area (Å²) in [6.45, 7) is 5.18. The van der Waals surface area contributed by atoms with Crippen molar-refractivity contribution < 1.29 is 9.90 Å². The molecule has 1 aromatic rings. The number of hydrazine groups is 1. The van der Waals surface area contributed by atoms with E-state index >= 15 is 0 Å². The summed E-state index contributed by atoms with van der Waals surface area (Å²) in [6, 6.07) is 8.83. The summed E-state index contributed by atoms with van der Waals surface area (Å²) in [7, 11) is 0. The molecule has 1 fully saturated rings. The van der Waals surface area contributed by atoms with E-state index in [0.717, 1.165) is 11.1 Å². The molecule has 0 radical (unpaired) electrons. The molecule has 110 valence electrons. The van der Waals surface area contributed by atoms with Gasteiger partial charge in [0.15, 0.2) is 0 Å². The Bertz CT molecular complexity index is 452. The van der Waals surface area contributed by atoms with Gasteiger partial charge in [-0.1, -0.05) is 30.7 Å². The molecule has 0 saturated carbocycles. The van der Waals surface area contributed by atoms with E-state index in [-0.39, 0.29) is 6.42 Å². The smallest absolute Gasteiger partial charge is 0.307 e. The maximum absolute atomic E-state index is 10.9. The maximum atomic E-state index is 10.9. The SMILES string of the molecule is CC1CCCC(C)N1NCc1ccccc1CC(=O)O. The molecule has 1 saturated heterocycles. The highest BCUT2D eigenvalue weighted by Crippen LogP contribution is 2.21. The molecule has 0 bridgehead atoms. The van der Waals surface area contributed by atoms with E-state index in [1.54, 1.807) is 0 Å². The second-order valence-corrected chi connectivity index (χ2v) is 5.71. The minimum Gasteiger partial charge on any atom is -0.481 e. The molecule has 4 nitrogen and oxygen atoms in total. The first-order valence-corrected chi connectivity index (χ1v) is 7.38. The van der Waals surface area contributed by atoms with Crippen LogP contribution >= 0.6 is 0 Å². The first-order chi connectivity index (χ1) is 9.58. The van der Waals surface area contributed by atoms with Crippen molar-refractivity contribution in [3.8, 4) is 0 Å². The van der Waals surface area contributed by atoms with Crippen LogP contribution in [0, 0.1) is 0 Å². The molecule has 20 heavy (non-hydrogen) atoms. The minimum absolute atomic E-state index is 0.0863. The van der Waals surface area contributed by atoms with Gasteiger partial charge in [-0.05, 0) is 37.8 Å². The van der Waals surface area contributed by atoms with Gasteiger partial charge in [-0.25, -0.2) is 5.01 Å². The Morgan fingerprint density at radius 2 is 1.85 bits per heavy atom. The van der Waals surface area contributed by atoms with Crippen LogP contribution in [0.2, 0.25) is 0 Å². The molecule has 1 aliphatic heterocycles. The molecule has 1 aliphatic rings. The van der Waals surface area contributed by atoms with Gasteiger partial charge in [0, 0.05) is 18.6 Å². The van der Waals surface area contributed by atoms with Crippen molar-refractivity contribution in [3.05, 3.63) is 35.4 Å². The van der Waals surface area contributed by atoms with Crippen molar-refractivity contribution in [2.75, 3.05) is 0 Å². The van der Waals surface area contributed by atoms with Crippen molar-refractivity contribution in [3.63, 3.8) is 0 Å². The highest BCUT2D eigenvalue weighted by Gasteiger charge is 2.24. The minimum atomic E-state index is -0.780. The van der Waals surface area contributed by atoms with Crippen LogP contribution in [0.4, 0.5) is 0 Å². The van der Waals surface area contributed by atoms with E-state index in [2.05, 4.69) is 24.3 Å². The van der Waals surface area contributed by atoms with Gasteiger partial charge < -0.3 is 5.11 Å². The normalized spacial score (nSPS) is 23.7. The molecule has 2 N–H and O–H groups in total. The third kappa shape index (κ3) is 3.81. The summed E-state index contributed by atoms with van der Waals surface area (Å²) in [5.41, 5.74) is 5.45. The zero-order valence-corrected chi connectivity index (χ0v) is 12.3. The summed E-state index contributed by atoms with van der Waals surface area (Å²) < 4.78 is 0. The molecule has 0 amide bonds. The van der Waals surface area contributed by atoms with Gasteiger partial charge in [0.1, 0.15) is 0 Å². The lowest BCUT2D eigenvalue weighted by Gasteiger charge is -2.39.